The van der Waals surface area contributed by atoms with Crippen molar-refractivity contribution in [3.05, 3.63) is 29.6 Å². The second kappa shape index (κ2) is 6.16. The van der Waals surface area contributed by atoms with Crippen molar-refractivity contribution < 1.29 is 19.0 Å². The van der Waals surface area contributed by atoms with Crippen molar-refractivity contribution in [1.29, 1.82) is 0 Å². The van der Waals surface area contributed by atoms with Gasteiger partial charge in [-0.05, 0) is 32.9 Å². The van der Waals surface area contributed by atoms with Crippen LogP contribution in [0.4, 0.5) is 4.39 Å². The second-order valence-corrected chi connectivity index (χ2v) is 4.92. The van der Waals surface area contributed by atoms with Gasteiger partial charge in [0.1, 0.15) is 11.6 Å². The van der Waals surface area contributed by atoms with Gasteiger partial charge in [0, 0.05) is 25.2 Å². The number of methoxy groups -OCH3 is 1. The van der Waals surface area contributed by atoms with Crippen LogP contribution >= 0.6 is 0 Å². The van der Waals surface area contributed by atoms with Crippen LogP contribution in [0.15, 0.2) is 18.2 Å². The van der Waals surface area contributed by atoms with Crippen LogP contribution in [-0.4, -0.2) is 24.4 Å². The molecule has 1 aromatic carbocycles. The minimum absolute atomic E-state index is 0.252. The van der Waals surface area contributed by atoms with E-state index in [1.54, 1.807) is 13.2 Å². The van der Waals surface area contributed by atoms with Gasteiger partial charge in [0.25, 0.3) is 0 Å². The third-order valence-corrected chi connectivity index (χ3v) is 2.95. The lowest BCUT2D eigenvalue weighted by atomic mass is 10.1. The van der Waals surface area contributed by atoms with Gasteiger partial charge in [-0.15, -0.1) is 0 Å². The van der Waals surface area contributed by atoms with Crippen molar-refractivity contribution in [2.45, 2.75) is 38.9 Å². The van der Waals surface area contributed by atoms with Gasteiger partial charge in [0.15, 0.2) is 0 Å². The van der Waals surface area contributed by atoms with E-state index < -0.39 is 11.9 Å². The lowest BCUT2D eigenvalue weighted by molar-refractivity contribution is 0.00543. The monoisotopic (exact) mass is 256 g/mol. The molecule has 0 aliphatic rings. The standard InChI is InChI=1S/C14H21FO3/c1-10(16)12-6-5-11(9-13(12)15)18-8-7-14(2,3)17-4/h5-6,9-10,16H,7-8H2,1-4H3. The van der Waals surface area contributed by atoms with E-state index in [0.717, 1.165) is 0 Å². The number of aliphatic hydroxyl groups is 1. The van der Waals surface area contributed by atoms with E-state index in [1.807, 2.05) is 13.8 Å². The van der Waals surface area contributed by atoms with E-state index in [0.29, 0.717) is 18.8 Å². The van der Waals surface area contributed by atoms with Crippen LogP contribution in [0.1, 0.15) is 38.9 Å². The summed E-state index contributed by atoms with van der Waals surface area (Å²) in [6, 6.07) is 4.49. The molecule has 102 valence electrons. The molecule has 1 aromatic rings. The first kappa shape index (κ1) is 14.9. The number of aliphatic hydroxyl groups excluding tert-OH is 1. The summed E-state index contributed by atoms with van der Waals surface area (Å²) >= 11 is 0. The maximum Gasteiger partial charge on any atom is 0.132 e. The quantitative estimate of drug-likeness (QED) is 0.850. The molecule has 1 rings (SSSR count). The molecule has 1 N–H and O–H groups in total. The van der Waals surface area contributed by atoms with Crippen LogP contribution in [0, 0.1) is 5.82 Å². The number of rotatable bonds is 6. The molecule has 0 heterocycles. The number of hydrogen-bond acceptors (Lipinski definition) is 3. The molecule has 3 nitrogen and oxygen atoms in total. The first-order valence-corrected chi connectivity index (χ1v) is 6.01. The highest BCUT2D eigenvalue weighted by Crippen LogP contribution is 2.22. The predicted octanol–water partition coefficient (Wildman–Crippen LogP) is 3.07. The zero-order valence-corrected chi connectivity index (χ0v) is 11.4. The zero-order chi connectivity index (χ0) is 13.8. The number of ether oxygens (including phenoxy) is 2. The summed E-state index contributed by atoms with van der Waals surface area (Å²) in [6.45, 7) is 5.91. The fraction of sp³-hybridized carbons (Fsp3) is 0.571. The minimum atomic E-state index is -0.813. The fourth-order valence-corrected chi connectivity index (χ4v) is 1.45. The Kier molecular flexibility index (Phi) is 5.11. The van der Waals surface area contributed by atoms with Gasteiger partial charge in [0.05, 0.1) is 18.3 Å². The highest BCUT2D eigenvalue weighted by atomic mass is 19.1. The van der Waals surface area contributed by atoms with Gasteiger partial charge >= 0.3 is 0 Å². The van der Waals surface area contributed by atoms with Gasteiger partial charge in [-0.3, -0.25) is 0 Å². The SMILES string of the molecule is COC(C)(C)CCOc1ccc(C(C)O)c(F)c1. The summed E-state index contributed by atoms with van der Waals surface area (Å²) in [5.41, 5.74) is 0.0255. The Balaban J connectivity index is 2.57. The Morgan fingerprint density at radius 2 is 2.06 bits per heavy atom. The molecule has 0 aromatic heterocycles. The van der Waals surface area contributed by atoms with E-state index in [9.17, 15) is 9.50 Å². The van der Waals surface area contributed by atoms with Crippen molar-refractivity contribution in [2.75, 3.05) is 13.7 Å². The Morgan fingerprint density at radius 1 is 1.39 bits per heavy atom. The third kappa shape index (κ3) is 4.27. The summed E-state index contributed by atoms with van der Waals surface area (Å²) in [5, 5.41) is 9.31. The molecule has 0 aliphatic heterocycles. The number of halogens is 1. The summed E-state index contributed by atoms with van der Waals surface area (Å²) in [5.74, 6) is 0.0114. The first-order chi connectivity index (χ1) is 8.35. The topological polar surface area (TPSA) is 38.7 Å². The highest BCUT2D eigenvalue weighted by molar-refractivity contribution is 5.29. The Labute approximate surface area is 108 Å². The van der Waals surface area contributed by atoms with Crippen molar-refractivity contribution >= 4 is 0 Å². The lowest BCUT2D eigenvalue weighted by Crippen LogP contribution is -2.25. The maximum atomic E-state index is 13.6. The van der Waals surface area contributed by atoms with Gasteiger partial charge in [-0.2, -0.15) is 0 Å². The van der Waals surface area contributed by atoms with Crippen LogP contribution < -0.4 is 4.74 Å². The molecular weight excluding hydrogens is 235 g/mol. The third-order valence-electron chi connectivity index (χ3n) is 2.95. The zero-order valence-electron chi connectivity index (χ0n) is 11.4. The average Bonchev–Trinajstić information content (AvgIpc) is 2.28. The highest BCUT2D eigenvalue weighted by Gasteiger charge is 2.16. The van der Waals surface area contributed by atoms with Crippen LogP contribution in [0.2, 0.25) is 0 Å². The van der Waals surface area contributed by atoms with Gasteiger partial charge < -0.3 is 14.6 Å². The molecule has 18 heavy (non-hydrogen) atoms. The van der Waals surface area contributed by atoms with E-state index in [2.05, 4.69) is 0 Å². The van der Waals surface area contributed by atoms with E-state index in [1.165, 1.54) is 19.1 Å². The predicted molar refractivity (Wildman–Crippen MR) is 68.2 cm³/mol. The fourth-order valence-electron chi connectivity index (χ4n) is 1.45. The number of hydrogen-bond donors (Lipinski definition) is 1. The Hall–Kier alpha value is -1.13. The minimum Gasteiger partial charge on any atom is -0.493 e. The molecule has 0 saturated heterocycles. The van der Waals surface area contributed by atoms with Crippen molar-refractivity contribution in [2.24, 2.45) is 0 Å². The smallest absolute Gasteiger partial charge is 0.132 e. The molecule has 1 unspecified atom stereocenters. The van der Waals surface area contributed by atoms with Crippen LogP contribution in [0.3, 0.4) is 0 Å². The molecule has 0 saturated carbocycles. The molecule has 0 radical (unpaired) electrons. The van der Waals surface area contributed by atoms with Gasteiger partial charge in [-0.1, -0.05) is 0 Å². The van der Waals surface area contributed by atoms with Crippen LogP contribution in [-0.2, 0) is 4.74 Å². The first-order valence-electron chi connectivity index (χ1n) is 6.01. The second-order valence-electron chi connectivity index (χ2n) is 4.92. The van der Waals surface area contributed by atoms with Crippen molar-refractivity contribution in [3.63, 3.8) is 0 Å². The molecule has 0 bridgehead atoms. The Morgan fingerprint density at radius 3 is 2.56 bits per heavy atom. The average molecular weight is 256 g/mol. The van der Waals surface area contributed by atoms with E-state index in [-0.39, 0.29) is 11.2 Å². The summed E-state index contributed by atoms with van der Waals surface area (Å²) in [7, 11) is 1.65. The van der Waals surface area contributed by atoms with Crippen molar-refractivity contribution in [1.82, 2.24) is 0 Å². The number of benzene rings is 1. The molecule has 0 amide bonds. The van der Waals surface area contributed by atoms with Gasteiger partial charge in [-0.25, -0.2) is 4.39 Å². The molecule has 1 atom stereocenters. The molecule has 0 spiro atoms. The normalized spacial score (nSPS) is 13.4. The van der Waals surface area contributed by atoms with Crippen molar-refractivity contribution in [3.8, 4) is 5.75 Å². The molecular formula is C14H21FO3. The van der Waals surface area contributed by atoms with E-state index >= 15 is 0 Å². The molecule has 0 aliphatic carbocycles. The van der Waals surface area contributed by atoms with Crippen LogP contribution in [0.5, 0.6) is 5.75 Å². The summed E-state index contributed by atoms with van der Waals surface area (Å²) in [4.78, 5) is 0. The summed E-state index contributed by atoms with van der Waals surface area (Å²) < 4.78 is 24.3. The lowest BCUT2D eigenvalue weighted by Gasteiger charge is -2.22. The Bertz CT molecular complexity index is 389. The largest absolute Gasteiger partial charge is 0.493 e. The van der Waals surface area contributed by atoms with Crippen LogP contribution in [0.25, 0.3) is 0 Å². The van der Waals surface area contributed by atoms with E-state index in [4.69, 9.17) is 9.47 Å². The summed E-state index contributed by atoms with van der Waals surface area (Å²) in [6.07, 6.45) is -0.102. The molecule has 4 heteroatoms. The van der Waals surface area contributed by atoms with Gasteiger partial charge in [0.2, 0.25) is 0 Å². The molecule has 0 fully saturated rings. The maximum absolute atomic E-state index is 13.6.